The number of hydrogen-bond donors (Lipinski definition) is 1. The van der Waals surface area contributed by atoms with Gasteiger partial charge >= 0.3 is 0 Å². The van der Waals surface area contributed by atoms with E-state index < -0.39 is 34.7 Å². The highest BCUT2D eigenvalue weighted by molar-refractivity contribution is 5.97. The van der Waals surface area contributed by atoms with Crippen molar-refractivity contribution in [2.45, 2.75) is 25.4 Å². The lowest BCUT2D eigenvalue weighted by Gasteiger charge is -2.23. The van der Waals surface area contributed by atoms with Crippen LogP contribution in [-0.4, -0.2) is 22.0 Å². The summed E-state index contributed by atoms with van der Waals surface area (Å²) < 4.78 is 40.8. The zero-order valence-corrected chi connectivity index (χ0v) is 12.1. The van der Waals surface area contributed by atoms with E-state index in [1.54, 1.807) is 12.1 Å². The van der Waals surface area contributed by atoms with Crippen LogP contribution in [0, 0.1) is 17.5 Å². The fourth-order valence-corrected chi connectivity index (χ4v) is 2.48. The Morgan fingerprint density at radius 2 is 1.83 bits per heavy atom. The largest absolute Gasteiger partial charge is 0.507 e. The van der Waals surface area contributed by atoms with Crippen molar-refractivity contribution in [3.8, 4) is 5.75 Å². The molecule has 0 aliphatic heterocycles. The van der Waals surface area contributed by atoms with Crippen LogP contribution in [0.4, 0.5) is 13.2 Å². The summed E-state index contributed by atoms with van der Waals surface area (Å²) in [6, 6.07) is 7.09. The molecule has 1 aliphatic rings. The molecular formula is C17H14F3NO2. The monoisotopic (exact) mass is 321 g/mol. The zero-order valence-electron chi connectivity index (χ0n) is 12.1. The summed E-state index contributed by atoms with van der Waals surface area (Å²) in [5.74, 6) is -4.09. The zero-order chi connectivity index (χ0) is 16.6. The van der Waals surface area contributed by atoms with E-state index in [1.165, 1.54) is 17.0 Å². The molecule has 0 unspecified atom stereocenters. The van der Waals surface area contributed by atoms with Crippen molar-refractivity contribution in [2.24, 2.45) is 0 Å². The molecule has 1 N–H and O–H groups in total. The lowest BCUT2D eigenvalue weighted by Crippen LogP contribution is -2.33. The molecule has 0 bridgehead atoms. The Bertz CT molecular complexity index is 736. The van der Waals surface area contributed by atoms with Crippen molar-refractivity contribution in [1.29, 1.82) is 0 Å². The number of amides is 1. The van der Waals surface area contributed by atoms with Crippen molar-refractivity contribution in [3.63, 3.8) is 0 Å². The number of phenolic OH excluding ortho intramolecular Hbond substituents is 1. The third kappa shape index (κ3) is 3.16. The van der Waals surface area contributed by atoms with Crippen LogP contribution in [0.1, 0.15) is 28.8 Å². The Morgan fingerprint density at radius 3 is 2.43 bits per heavy atom. The predicted molar refractivity (Wildman–Crippen MR) is 77.3 cm³/mol. The standard InChI is InChI=1S/C17H14F3NO2/c18-11-7-14(20)16(15(22)8-11)17(23)21(12-5-6-12)9-10-3-1-2-4-13(10)19/h1-4,7-8,12,22H,5-6,9H2. The van der Waals surface area contributed by atoms with E-state index in [4.69, 9.17) is 0 Å². The lowest BCUT2D eigenvalue weighted by atomic mass is 10.1. The molecule has 2 aromatic rings. The van der Waals surface area contributed by atoms with Crippen molar-refractivity contribution >= 4 is 5.91 Å². The number of carbonyl (C=O) groups is 1. The molecule has 2 aromatic carbocycles. The van der Waals surface area contributed by atoms with Gasteiger partial charge in [0.05, 0.1) is 0 Å². The second-order valence-corrected chi connectivity index (χ2v) is 5.54. The fraction of sp³-hybridized carbons (Fsp3) is 0.235. The van der Waals surface area contributed by atoms with Crippen molar-refractivity contribution in [2.75, 3.05) is 0 Å². The van der Waals surface area contributed by atoms with Crippen LogP contribution >= 0.6 is 0 Å². The molecule has 1 aliphatic carbocycles. The van der Waals surface area contributed by atoms with Crippen LogP contribution in [0.15, 0.2) is 36.4 Å². The highest BCUT2D eigenvalue weighted by Gasteiger charge is 2.35. The van der Waals surface area contributed by atoms with Gasteiger partial charge in [0.15, 0.2) is 0 Å². The number of halogens is 3. The summed E-state index contributed by atoms with van der Waals surface area (Å²) >= 11 is 0. The molecule has 120 valence electrons. The summed E-state index contributed by atoms with van der Waals surface area (Å²) in [5.41, 5.74) is -0.288. The van der Waals surface area contributed by atoms with Gasteiger partial charge in [-0.3, -0.25) is 4.79 Å². The molecule has 3 rings (SSSR count). The summed E-state index contributed by atoms with van der Waals surface area (Å²) in [6.45, 7) is -0.0353. The van der Waals surface area contributed by atoms with E-state index in [-0.39, 0.29) is 12.6 Å². The maximum atomic E-state index is 13.9. The average molecular weight is 321 g/mol. The van der Waals surface area contributed by atoms with Gasteiger partial charge in [-0.15, -0.1) is 0 Å². The molecule has 0 saturated heterocycles. The molecule has 1 fully saturated rings. The minimum absolute atomic E-state index is 0.0353. The Kier molecular flexibility index (Phi) is 3.98. The maximum absolute atomic E-state index is 13.9. The SMILES string of the molecule is O=C(c1c(O)cc(F)cc1F)N(Cc1ccccc1F)C1CC1. The van der Waals surface area contributed by atoms with E-state index >= 15 is 0 Å². The summed E-state index contributed by atoms with van der Waals surface area (Å²) in [6.07, 6.45) is 1.45. The van der Waals surface area contributed by atoms with E-state index in [0.29, 0.717) is 17.7 Å². The van der Waals surface area contributed by atoms with Crippen LogP contribution in [0.2, 0.25) is 0 Å². The molecular weight excluding hydrogens is 307 g/mol. The Labute approximate surface area is 131 Å². The smallest absolute Gasteiger partial charge is 0.261 e. The Balaban J connectivity index is 1.93. The second kappa shape index (κ2) is 5.95. The van der Waals surface area contributed by atoms with Crippen molar-refractivity contribution < 1.29 is 23.1 Å². The van der Waals surface area contributed by atoms with Gasteiger partial charge < -0.3 is 10.0 Å². The first-order chi connectivity index (χ1) is 11.0. The van der Waals surface area contributed by atoms with Crippen molar-refractivity contribution in [1.82, 2.24) is 4.90 Å². The van der Waals surface area contributed by atoms with Crippen LogP contribution in [0.25, 0.3) is 0 Å². The topological polar surface area (TPSA) is 40.5 Å². The third-order valence-corrected chi connectivity index (χ3v) is 3.80. The van der Waals surface area contributed by atoms with Gasteiger partial charge in [0, 0.05) is 30.3 Å². The van der Waals surface area contributed by atoms with Gasteiger partial charge in [-0.2, -0.15) is 0 Å². The summed E-state index contributed by atoms with van der Waals surface area (Å²) in [4.78, 5) is 13.9. The van der Waals surface area contributed by atoms with Crippen LogP contribution < -0.4 is 0 Å². The first-order valence-corrected chi connectivity index (χ1v) is 7.19. The van der Waals surface area contributed by atoms with Gasteiger partial charge in [0.1, 0.15) is 28.8 Å². The Morgan fingerprint density at radius 1 is 1.13 bits per heavy atom. The van der Waals surface area contributed by atoms with Gasteiger partial charge in [0.2, 0.25) is 0 Å². The van der Waals surface area contributed by atoms with E-state index in [2.05, 4.69) is 0 Å². The van der Waals surface area contributed by atoms with E-state index in [9.17, 15) is 23.1 Å². The molecule has 0 spiro atoms. The predicted octanol–water partition coefficient (Wildman–Crippen LogP) is 3.61. The minimum atomic E-state index is -1.13. The molecule has 0 atom stereocenters. The third-order valence-electron chi connectivity index (χ3n) is 3.80. The van der Waals surface area contributed by atoms with Gasteiger partial charge in [-0.25, -0.2) is 13.2 Å². The molecule has 23 heavy (non-hydrogen) atoms. The first kappa shape index (κ1) is 15.4. The average Bonchev–Trinajstić information content (AvgIpc) is 3.29. The number of aromatic hydroxyl groups is 1. The van der Waals surface area contributed by atoms with E-state index in [1.807, 2.05) is 0 Å². The number of rotatable bonds is 4. The molecule has 0 aromatic heterocycles. The normalized spacial score (nSPS) is 13.9. The highest BCUT2D eigenvalue weighted by atomic mass is 19.1. The van der Waals surface area contributed by atoms with Crippen LogP contribution in [0.5, 0.6) is 5.75 Å². The maximum Gasteiger partial charge on any atom is 0.261 e. The van der Waals surface area contributed by atoms with Gasteiger partial charge in [-0.05, 0) is 18.9 Å². The lowest BCUT2D eigenvalue weighted by molar-refractivity contribution is 0.0720. The highest BCUT2D eigenvalue weighted by Crippen LogP contribution is 2.33. The molecule has 6 heteroatoms. The number of benzene rings is 2. The van der Waals surface area contributed by atoms with Crippen molar-refractivity contribution in [3.05, 3.63) is 65.0 Å². The fourth-order valence-electron chi connectivity index (χ4n) is 2.48. The molecule has 1 amide bonds. The second-order valence-electron chi connectivity index (χ2n) is 5.54. The van der Waals surface area contributed by atoms with Crippen LogP contribution in [0.3, 0.4) is 0 Å². The summed E-state index contributed by atoms with van der Waals surface area (Å²) in [7, 11) is 0. The van der Waals surface area contributed by atoms with Crippen LogP contribution in [-0.2, 0) is 6.54 Å². The number of phenols is 1. The number of nitrogens with zero attached hydrogens (tertiary/aromatic N) is 1. The quantitative estimate of drug-likeness (QED) is 0.934. The molecule has 0 heterocycles. The van der Waals surface area contributed by atoms with Gasteiger partial charge in [0.25, 0.3) is 5.91 Å². The van der Waals surface area contributed by atoms with Gasteiger partial charge in [-0.1, -0.05) is 18.2 Å². The number of carbonyl (C=O) groups excluding carboxylic acids is 1. The molecule has 3 nitrogen and oxygen atoms in total. The molecule has 0 radical (unpaired) electrons. The Hall–Kier alpha value is -2.50. The van der Waals surface area contributed by atoms with E-state index in [0.717, 1.165) is 12.8 Å². The first-order valence-electron chi connectivity index (χ1n) is 7.19. The molecule has 1 saturated carbocycles. The minimum Gasteiger partial charge on any atom is -0.507 e. The summed E-state index contributed by atoms with van der Waals surface area (Å²) in [5, 5.41) is 9.71. The number of hydrogen-bond acceptors (Lipinski definition) is 2.